The number of amides is 1. The zero-order chi connectivity index (χ0) is 18.4. The molecule has 1 N–H and O–H groups in total. The van der Waals surface area contributed by atoms with Gasteiger partial charge in [0.1, 0.15) is 5.82 Å². The molecule has 6 nitrogen and oxygen atoms in total. The predicted molar refractivity (Wildman–Crippen MR) is 103 cm³/mol. The third kappa shape index (κ3) is 2.93. The fourth-order valence-corrected chi connectivity index (χ4v) is 4.40. The Labute approximate surface area is 158 Å². The van der Waals surface area contributed by atoms with E-state index in [1.807, 2.05) is 16.9 Å². The van der Waals surface area contributed by atoms with Gasteiger partial charge in [-0.15, -0.1) is 0 Å². The molecule has 0 unspecified atom stereocenters. The maximum Gasteiger partial charge on any atom is 0.230 e. The largest absolute Gasteiger partial charge is 0.342 e. The number of para-hydroxylation sites is 1. The number of hydrogen-bond donors (Lipinski definition) is 1. The third-order valence-electron chi connectivity index (χ3n) is 6.16. The van der Waals surface area contributed by atoms with Crippen LogP contribution in [0.2, 0.25) is 0 Å². The number of aromatic amines is 1. The molecule has 0 spiro atoms. The first-order valence-electron chi connectivity index (χ1n) is 9.87. The van der Waals surface area contributed by atoms with Crippen LogP contribution < -0.4 is 0 Å². The van der Waals surface area contributed by atoms with Crippen LogP contribution in [0.4, 0.5) is 0 Å². The lowest BCUT2D eigenvalue weighted by Crippen LogP contribution is -2.44. The molecule has 6 heteroatoms. The van der Waals surface area contributed by atoms with Gasteiger partial charge in [-0.05, 0) is 50.3 Å². The van der Waals surface area contributed by atoms with E-state index in [1.54, 1.807) is 6.20 Å². The van der Waals surface area contributed by atoms with Crippen molar-refractivity contribution in [2.75, 3.05) is 13.1 Å². The van der Waals surface area contributed by atoms with Gasteiger partial charge < -0.3 is 9.88 Å². The van der Waals surface area contributed by atoms with Crippen LogP contribution in [0.15, 0.2) is 36.7 Å². The number of hydrogen-bond acceptors (Lipinski definition) is 3. The van der Waals surface area contributed by atoms with Crippen LogP contribution in [0.3, 0.4) is 0 Å². The minimum absolute atomic E-state index is 0.238. The van der Waals surface area contributed by atoms with E-state index in [0.717, 1.165) is 55.6 Å². The summed E-state index contributed by atoms with van der Waals surface area (Å²) in [5.41, 5.74) is 3.09. The second-order valence-electron chi connectivity index (χ2n) is 8.17. The number of rotatable bonds is 4. The molecule has 2 aromatic heterocycles. The molecule has 1 aliphatic carbocycles. The van der Waals surface area contributed by atoms with Crippen molar-refractivity contribution < 1.29 is 4.79 Å². The molecule has 2 fully saturated rings. The number of H-pyrrole nitrogens is 1. The minimum atomic E-state index is -0.238. The summed E-state index contributed by atoms with van der Waals surface area (Å²) in [5, 5.41) is 4.29. The SMILES string of the molecule is Cc1cccc2[nH]c([C@H]3CCCN(C(=O)C4(Cn5cccn5)CC4)C3)nc12. The highest BCUT2D eigenvalue weighted by atomic mass is 16.2. The van der Waals surface area contributed by atoms with E-state index in [2.05, 4.69) is 40.1 Å². The van der Waals surface area contributed by atoms with Crippen LogP contribution in [0.1, 0.15) is 43.0 Å². The first kappa shape index (κ1) is 16.5. The van der Waals surface area contributed by atoms with Crippen molar-refractivity contribution in [3.8, 4) is 0 Å². The quantitative estimate of drug-likeness (QED) is 0.774. The molecule has 1 aliphatic heterocycles. The Kier molecular flexibility index (Phi) is 3.81. The molecule has 1 atom stereocenters. The van der Waals surface area contributed by atoms with Crippen LogP contribution in [0, 0.1) is 12.3 Å². The van der Waals surface area contributed by atoms with E-state index < -0.39 is 0 Å². The second-order valence-corrected chi connectivity index (χ2v) is 8.17. The Morgan fingerprint density at radius 3 is 2.96 bits per heavy atom. The summed E-state index contributed by atoms with van der Waals surface area (Å²) in [6.07, 6.45) is 7.77. The number of piperidine rings is 1. The fourth-order valence-electron chi connectivity index (χ4n) is 4.40. The minimum Gasteiger partial charge on any atom is -0.342 e. The maximum absolute atomic E-state index is 13.3. The molecule has 2 aliphatic rings. The van der Waals surface area contributed by atoms with Gasteiger partial charge in [0, 0.05) is 31.4 Å². The van der Waals surface area contributed by atoms with Gasteiger partial charge in [0.05, 0.1) is 23.0 Å². The number of aryl methyl sites for hydroxylation is 1. The lowest BCUT2D eigenvalue weighted by molar-refractivity contribution is -0.139. The highest BCUT2D eigenvalue weighted by Crippen LogP contribution is 2.49. The van der Waals surface area contributed by atoms with E-state index in [4.69, 9.17) is 4.98 Å². The zero-order valence-corrected chi connectivity index (χ0v) is 15.7. The molecule has 3 aromatic rings. The van der Waals surface area contributed by atoms with Crippen molar-refractivity contribution in [1.29, 1.82) is 0 Å². The van der Waals surface area contributed by atoms with Gasteiger partial charge in [-0.25, -0.2) is 4.98 Å². The first-order chi connectivity index (χ1) is 13.1. The number of fused-ring (bicyclic) bond motifs is 1. The van der Waals surface area contributed by atoms with Crippen LogP contribution in [0.25, 0.3) is 11.0 Å². The Balaban J connectivity index is 1.34. The Hall–Kier alpha value is -2.63. The van der Waals surface area contributed by atoms with Crippen molar-refractivity contribution >= 4 is 16.9 Å². The standard InChI is InChI=1S/C21H25N5O/c1-15-5-2-7-17-18(15)24-19(23-17)16-6-3-11-25(13-16)20(27)21(8-9-21)14-26-12-4-10-22-26/h2,4-5,7,10,12,16H,3,6,8-9,11,13-14H2,1H3,(H,23,24)/t16-/m0/s1. The summed E-state index contributed by atoms with van der Waals surface area (Å²) >= 11 is 0. The number of imidazole rings is 1. The number of nitrogens with zero attached hydrogens (tertiary/aromatic N) is 4. The van der Waals surface area contributed by atoms with Gasteiger partial charge in [0.25, 0.3) is 0 Å². The van der Waals surface area contributed by atoms with Crippen LogP contribution in [0.5, 0.6) is 0 Å². The Morgan fingerprint density at radius 1 is 1.33 bits per heavy atom. The summed E-state index contributed by atoms with van der Waals surface area (Å²) in [7, 11) is 0. The Morgan fingerprint density at radius 2 is 2.22 bits per heavy atom. The van der Waals surface area contributed by atoms with E-state index >= 15 is 0 Å². The van der Waals surface area contributed by atoms with Crippen molar-refractivity contribution in [2.45, 2.75) is 45.1 Å². The van der Waals surface area contributed by atoms with E-state index in [-0.39, 0.29) is 11.3 Å². The van der Waals surface area contributed by atoms with E-state index in [9.17, 15) is 4.79 Å². The molecule has 1 amide bonds. The maximum atomic E-state index is 13.3. The van der Waals surface area contributed by atoms with Crippen molar-refractivity contribution in [1.82, 2.24) is 24.6 Å². The van der Waals surface area contributed by atoms with Gasteiger partial charge in [-0.3, -0.25) is 9.48 Å². The molecule has 140 valence electrons. The smallest absolute Gasteiger partial charge is 0.230 e. The lowest BCUT2D eigenvalue weighted by atomic mass is 9.95. The van der Waals surface area contributed by atoms with Gasteiger partial charge in [0.2, 0.25) is 5.91 Å². The average molecular weight is 363 g/mol. The number of carbonyl (C=O) groups is 1. The van der Waals surface area contributed by atoms with Crippen LogP contribution in [-0.4, -0.2) is 43.6 Å². The highest BCUT2D eigenvalue weighted by molar-refractivity contribution is 5.85. The normalized spacial score (nSPS) is 21.5. The molecule has 3 heterocycles. The second kappa shape index (κ2) is 6.22. The fraction of sp³-hybridized carbons (Fsp3) is 0.476. The number of nitrogens with one attached hydrogen (secondary N) is 1. The van der Waals surface area contributed by atoms with Crippen molar-refractivity contribution in [2.24, 2.45) is 5.41 Å². The lowest BCUT2D eigenvalue weighted by Gasteiger charge is -2.34. The molecular formula is C21H25N5O. The summed E-state index contributed by atoms with van der Waals surface area (Å²) in [5.74, 6) is 1.61. The van der Waals surface area contributed by atoms with E-state index in [0.29, 0.717) is 12.5 Å². The molecule has 0 radical (unpaired) electrons. The van der Waals surface area contributed by atoms with Gasteiger partial charge in [-0.1, -0.05) is 12.1 Å². The number of benzene rings is 1. The van der Waals surface area contributed by atoms with Crippen LogP contribution in [-0.2, 0) is 11.3 Å². The van der Waals surface area contributed by atoms with Crippen molar-refractivity contribution in [3.05, 3.63) is 48.0 Å². The summed E-state index contributed by atoms with van der Waals surface area (Å²) < 4.78 is 1.90. The number of carbonyl (C=O) groups excluding carboxylic acids is 1. The zero-order valence-electron chi connectivity index (χ0n) is 15.7. The molecular weight excluding hydrogens is 338 g/mol. The van der Waals surface area contributed by atoms with Crippen molar-refractivity contribution in [3.63, 3.8) is 0 Å². The third-order valence-corrected chi connectivity index (χ3v) is 6.16. The van der Waals surface area contributed by atoms with Crippen LogP contribution >= 0.6 is 0 Å². The predicted octanol–water partition coefficient (Wildman–Crippen LogP) is 3.25. The molecule has 1 saturated heterocycles. The molecule has 1 aromatic carbocycles. The first-order valence-corrected chi connectivity index (χ1v) is 9.87. The number of likely N-dealkylation sites (tertiary alicyclic amines) is 1. The number of aromatic nitrogens is 4. The van der Waals surface area contributed by atoms with Gasteiger partial charge in [0.15, 0.2) is 0 Å². The summed E-state index contributed by atoms with van der Waals surface area (Å²) in [6.45, 7) is 4.41. The molecule has 0 bridgehead atoms. The summed E-state index contributed by atoms with van der Waals surface area (Å²) in [6, 6.07) is 8.15. The molecule has 5 rings (SSSR count). The highest BCUT2D eigenvalue weighted by Gasteiger charge is 2.52. The van der Waals surface area contributed by atoms with Gasteiger partial charge in [-0.2, -0.15) is 5.10 Å². The molecule has 1 saturated carbocycles. The summed E-state index contributed by atoms with van der Waals surface area (Å²) in [4.78, 5) is 23.7. The van der Waals surface area contributed by atoms with Gasteiger partial charge >= 0.3 is 0 Å². The monoisotopic (exact) mass is 363 g/mol. The van der Waals surface area contributed by atoms with E-state index in [1.165, 1.54) is 5.56 Å². The molecule has 27 heavy (non-hydrogen) atoms. The average Bonchev–Trinajstić information content (AvgIpc) is 3.08. The Bertz CT molecular complexity index is 970. The topological polar surface area (TPSA) is 66.8 Å².